The number of nitrogens with zero attached hydrogens (tertiary/aromatic N) is 6. The molecule has 2 atom stereocenters. The Labute approximate surface area is 198 Å². The van der Waals surface area contributed by atoms with E-state index >= 15 is 0 Å². The third-order valence-electron chi connectivity index (χ3n) is 7.66. The summed E-state index contributed by atoms with van der Waals surface area (Å²) in [6, 6.07) is 7.19. The van der Waals surface area contributed by atoms with Gasteiger partial charge in [0.2, 0.25) is 0 Å². The molecule has 0 aliphatic carbocycles. The molecular weight excluding hydrogens is 435 g/mol. The molecule has 34 heavy (non-hydrogen) atoms. The minimum absolute atomic E-state index is 0.273. The molecule has 2 bridgehead atoms. The highest BCUT2D eigenvalue weighted by Crippen LogP contribution is 2.35. The molecule has 2 aromatic heterocycles. The highest BCUT2D eigenvalue weighted by atomic mass is 19.1. The van der Waals surface area contributed by atoms with Crippen molar-refractivity contribution in [3.8, 4) is 11.8 Å². The average Bonchev–Trinajstić information content (AvgIpc) is 3.60. The van der Waals surface area contributed by atoms with E-state index in [0.29, 0.717) is 30.3 Å². The lowest BCUT2D eigenvalue weighted by atomic mass is 9.86. The Hall–Kier alpha value is -2.78. The van der Waals surface area contributed by atoms with Gasteiger partial charge in [0.25, 0.3) is 0 Å². The van der Waals surface area contributed by atoms with Crippen molar-refractivity contribution >= 4 is 16.7 Å². The number of benzene rings is 1. The number of anilines is 1. The molecule has 3 fully saturated rings. The molecule has 3 aliphatic heterocycles. The van der Waals surface area contributed by atoms with E-state index in [2.05, 4.69) is 38.8 Å². The van der Waals surface area contributed by atoms with Crippen LogP contribution in [0, 0.1) is 6.92 Å². The number of fused-ring (bicyclic) bond motifs is 3. The largest absolute Gasteiger partial charge is 0.467 e. The van der Waals surface area contributed by atoms with Gasteiger partial charge >= 0.3 is 6.01 Å². The van der Waals surface area contributed by atoms with Crippen molar-refractivity contribution in [3.05, 3.63) is 35.5 Å². The van der Waals surface area contributed by atoms with E-state index in [1.165, 1.54) is 11.1 Å². The van der Waals surface area contributed by atoms with E-state index in [-0.39, 0.29) is 12.8 Å². The molecule has 0 N–H and O–H groups in total. The first-order chi connectivity index (χ1) is 16.6. The number of aromatic nitrogens is 4. The smallest absolute Gasteiger partial charge is 0.320 e. The van der Waals surface area contributed by atoms with Gasteiger partial charge in [0.1, 0.15) is 12.5 Å². The standard InChI is InChI=1S/C25H31FN6O2/c1-16-9-18-13-27-32(22(18)11-21(16)17-3-6-30(7-4-17)8-5-26)24-12-23(28-25(29-24)33-2)31-14-20-10-19(31)15-34-20/h9,11-13,17,19-20H,3-8,10,14-15H2,1-2H3/t19-,20-/m1/s1. The Morgan fingerprint density at radius 1 is 1.15 bits per heavy atom. The number of hydrogen-bond acceptors (Lipinski definition) is 7. The first-order valence-electron chi connectivity index (χ1n) is 12.2. The number of ether oxygens (including phenoxy) is 2. The first kappa shape index (κ1) is 21.7. The summed E-state index contributed by atoms with van der Waals surface area (Å²) >= 11 is 0. The molecule has 1 aromatic carbocycles. The fourth-order valence-corrected chi connectivity index (χ4v) is 5.84. The summed E-state index contributed by atoms with van der Waals surface area (Å²) in [5.74, 6) is 2.03. The summed E-state index contributed by atoms with van der Waals surface area (Å²) in [5.41, 5.74) is 3.67. The van der Waals surface area contributed by atoms with Crippen LogP contribution in [0.5, 0.6) is 6.01 Å². The summed E-state index contributed by atoms with van der Waals surface area (Å²) in [4.78, 5) is 13.8. The van der Waals surface area contributed by atoms with Crippen LogP contribution in [0.2, 0.25) is 0 Å². The SMILES string of the molecule is COc1nc(N2C[C@H]3C[C@@H]2CO3)cc(-n2ncc3cc(C)c(C4CCN(CCF)CC4)cc32)n1. The zero-order valence-corrected chi connectivity index (χ0v) is 19.8. The molecule has 0 radical (unpaired) electrons. The van der Waals surface area contributed by atoms with Crippen molar-refractivity contribution in [3.63, 3.8) is 0 Å². The number of alkyl halides is 1. The Balaban J connectivity index is 1.35. The highest BCUT2D eigenvalue weighted by molar-refractivity contribution is 5.82. The summed E-state index contributed by atoms with van der Waals surface area (Å²) in [5, 5.41) is 5.79. The minimum Gasteiger partial charge on any atom is -0.467 e. The average molecular weight is 467 g/mol. The fourth-order valence-electron chi connectivity index (χ4n) is 5.84. The molecule has 0 saturated carbocycles. The Kier molecular flexibility index (Phi) is 5.61. The molecule has 0 amide bonds. The number of likely N-dealkylation sites (tertiary alicyclic amines) is 1. The number of methoxy groups -OCH3 is 1. The Morgan fingerprint density at radius 2 is 1.97 bits per heavy atom. The second-order valence-electron chi connectivity index (χ2n) is 9.70. The maximum atomic E-state index is 12.8. The van der Waals surface area contributed by atoms with Gasteiger partial charge in [-0.1, -0.05) is 0 Å². The molecule has 0 unspecified atom stereocenters. The van der Waals surface area contributed by atoms with Crippen LogP contribution < -0.4 is 9.64 Å². The molecule has 3 aromatic rings. The molecule has 8 nitrogen and oxygen atoms in total. The number of halogens is 1. The number of hydrogen-bond donors (Lipinski definition) is 0. The maximum absolute atomic E-state index is 12.8. The molecule has 5 heterocycles. The van der Waals surface area contributed by atoms with E-state index in [0.717, 1.165) is 62.2 Å². The summed E-state index contributed by atoms with van der Waals surface area (Å²) in [7, 11) is 1.60. The number of piperidine rings is 1. The molecular formula is C25H31FN6O2. The van der Waals surface area contributed by atoms with Crippen LogP contribution in [0.4, 0.5) is 10.2 Å². The van der Waals surface area contributed by atoms with E-state index in [1.807, 2.05) is 16.9 Å². The van der Waals surface area contributed by atoms with Crippen LogP contribution in [0.25, 0.3) is 16.7 Å². The zero-order valence-electron chi connectivity index (χ0n) is 19.8. The van der Waals surface area contributed by atoms with Crippen molar-refractivity contribution in [2.75, 3.05) is 51.5 Å². The van der Waals surface area contributed by atoms with E-state index in [1.54, 1.807) is 7.11 Å². The van der Waals surface area contributed by atoms with Crippen LogP contribution in [0.15, 0.2) is 24.4 Å². The van der Waals surface area contributed by atoms with Crippen molar-refractivity contribution < 1.29 is 13.9 Å². The summed E-state index contributed by atoms with van der Waals surface area (Å²) < 4.78 is 25.9. The normalized spacial score (nSPS) is 23.3. The van der Waals surface area contributed by atoms with E-state index < -0.39 is 0 Å². The summed E-state index contributed by atoms with van der Waals surface area (Å²) in [6.07, 6.45) is 5.31. The van der Waals surface area contributed by atoms with Crippen LogP contribution in [0.3, 0.4) is 0 Å². The highest BCUT2D eigenvalue weighted by Gasteiger charge is 2.40. The van der Waals surface area contributed by atoms with Gasteiger partial charge in [-0.05, 0) is 68.5 Å². The van der Waals surface area contributed by atoms with E-state index in [4.69, 9.17) is 14.6 Å². The van der Waals surface area contributed by atoms with Gasteiger partial charge in [0, 0.05) is 24.5 Å². The Morgan fingerprint density at radius 3 is 2.68 bits per heavy atom. The van der Waals surface area contributed by atoms with Gasteiger partial charge in [-0.2, -0.15) is 15.1 Å². The third kappa shape index (κ3) is 3.80. The number of rotatable bonds is 6. The summed E-state index contributed by atoms with van der Waals surface area (Å²) in [6.45, 7) is 5.92. The number of aryl methyl sites for hydroxylation is 1. The van der Waals surface area contributed by atoms with Gasteiger partial charge in [0.05, 0.1) is 37.6 Å². The van der Waals surface area contributed by atoms with Crippen LogP contribution in [-0.2, 0) is 4.74 Å². The maximum Gasteiger partial charge on any atom is 0.320 e. The minimum atomic E-state index is -0.273. The van der Waals surface area contributed by atoms with Crippen LogP contribution in [0.1, 0.15) is 36.3 Å². The van der Waals surface area contributed by atoms with Gasteiger partial charge < -0.3 is 19.3 Å². The van der Waals surface area contributed by atoms with Gasteiger partial charge in [-0.3, -0.25) is 0 Å². The van der Waals surface area contributed by atoms with Gasteiger partial charge in [-0.25, -0.2) is 9.07 Å². The van der Waals surface area contributed by atoms with Crippen LogP contribution in [-0.4, -0.2) is 83.4 Å². The zero-order chi connectivity index (χ0) is 23.2. The monoisotopic (exact) mass is 466 g/mol. The topological polar surface area (TPSA) is 68.5 Å². The predicted molar refractivity (Wildman–Crippen MR) is 128 cm³/mol. The second kappa shape index (κ2) is 8.78. The quantitative estimate of drug-likeness (QED) is 0.552. The van der Waals surface area contributed by atoms with Crippen LogP contribution >= 0.6 is 0 Å². The lowest BCUT2D eigenvalue weighted by molar-refractivity contribution is 0.0988. The lowest BCUT2D eigenvalue weighted by Gasteiger charge is -2.32. The molecule has 180 valence electrons. The number of morpholine rings is 1. The lowest BCUT2D eigenvalue weighted by Crippen LogP contribution is -2.37. The van der Waals surface area contributed by atoms with E-state index in [9.17, 15) is 4.39 Å². The fraction of sp³-hybridized carbons (Fsp3) is 0.560. The second-order valence-corrected chi connectivity index (χ2v) is 9.70. The Bertz CT molecular complexity index is 1190. The predicted octanol–water partition coefficient (Wildman–Crippen LogP) is 3.26. The van der Waals surface area contributed by atoms with Crippen molar-refractivity contribution in [1.29, 1.82) is 0 Å². The van der Waals surface area contributed by atoms with Gasteiger partial charge in [-0.15, -0.1) is 0 Å². The molecule has 9 heteroatoms. The first-order valence-corrected chi connectivity index (χ1v) is 12.2. The van der Waals surface area contributed by atoms with Crippen molar-refractivity contribution in [2.45, 2.75) is 44.2 Å². The molecule has 0 spiro atoms. The van der Waals surface area contributed by atoms with Gasteiger partial charge in [0.15, 0.2) is 5.82 Å². The van der Waals surface area contributed by atoms with Crippen molar-refractivity contribution in [1.82, 2.24) is 24.6 Å². The third-order valence-corrected chi connectivity index (χ3v) is 7.66. The van der Waals surface area contributed by atoms with Crippen molar-refractivity contribution in [2.24, 2.45) is 0 Å². The molecule has 6 rings (SSSR count). The molecule has 3 aliphatic rings. The molecule has 3 saturated heterocycles.